The van der Waals surface area contributed by atoms with E-state index in [1.54, 1.807) is 31.2 Å². The summed E-state index contributed by atoms with van der Waals surface area (Å²) in [6.45, 7) is 1.77. The Morgan fingerprint density at radius 3 is 1.70 bits per heavy atom. The first-order valence-electron chi connectivity index (χ1n) is 6.82. The van der Waals surface area contributed by atoms with Gasteiger partial charge in [-0.25, -0.2) is 0 Å². The summed E-state index contributed by atoms with van der Waals surface area (Å²) in [6, 6.07) is 14.7. The molecule has 0 amide bonds. The molecule has 116 valence electrons. The summed E-state index contributed by atoms with van der Waals surface area (Å²) >= 11 is 12.0. The molecule has 0 radical (unpaired) electrons. The van der Waals surface area contributed by atoms with Crippen molar-refractivity contribution in [3.05, 3.63) is 64.4 Å². The van der Waals surface area contributed by atoms with Crippen LogP contribution in [0.5, 0.6) is 0 Å². The largest absolute Gasteiger partial charge is 0.368 e. The molecule has 0 aliphatic rings. The normalized spacial score (nSPS) is 10.6. The van der Waals surface area contributed by atoms with Gasteiger partial charge in [0.15, 0.2) is 0 Å². The molecule has 0 atom stereocenters. The smallest absolute Gasteiger partial charge is 0.239 e. The van der Waals surface area contributed by atoms with Crippen molar-refractivity contribution in [1.82, 2.24) is 15.0 Å². The number of hydrogen-bond acceptors (Lipinski definition) is 5. The highest BCUT2D eigenvalue weighted by atomic mass is 35.5. The molecule has 0 fully saturated rings. The standard InChI is InChI=1S/C16H13Cl2N5/c1-10-20-15(19)22-16(21-10)23(13-6-2-11(17)3-7-13)14-8-4-12(18)5-9-14/h2-9H,1H3,(H2,19,20,21,22). The first-order valence-corrected chi connectivity index (χ1v) is 7.58. The van der Waals surface area contributed by atoms with Gasteiger partial charge in [-0.1, -0.05) is 23.2 Å². The van der Waals surface area contributed by atoms with E-state index in [4.69, 9.17) is 28.9 Å². The Bertz CT molecular complexity index is 753. The van der Waals surface area contributed by atoms with E-state index in [0.717, 1.165) is 11.4 Å². The predicted molar refractivity (Wildman–Crippen MR) is 93.7 cm³/mol. The van der Waals surface area contributed by atoms with Gasteiger partial charge in [0.2, 0.25) is 11.9 Å². The number of benzene rings is 2. The van der Waals surface area contributed by atoms with E-state index >= 15 is 0 Å². The number of nitrogen functional groups attached to an aromatic ring is 1. The van der Waals surface area contributed by atoms with Crippen molar-refractivity contribution < 1.29 is 0 Å². The molecule has 23 heavy (non-hydrogen) atoms. The van der Waals surface area contributed by atoms with Crippen molar-refractivity contribution in [1.29, 1.82) is 0 Å². The van der Waals surface area contributed by atoms with E-state index in [2.05, 4.69) is 15.0 Å². The fourth-order valence-electron chi connectivity index (χ4n) is 2.15. The Kier molecular flexibility index (Phi) is 4.32. The van der Waals surface area contributed by atoms with Crippen molar-refractivity contribution in [2.45, 2.75) is 6.92 Å². The van der Waals surface area contributed by atoms with E-state index in [9.17, 15) is 0 Å². The van der Waals surface area contributed by atoms with Crippen molar-refractivity contribution in [3.8, 4) is 0 Å². The second-order valence-corrected chi connectivity index (χ2v) is 5.70. The van der Waals surface area contributed by atoms with Crippen LogP contribution in [0.2, 0.25) is 10.0 Å². The zero-order valence-corrected chi connectivity index (χ0v) is 13.8. The third kappa shape index (κ3) is 3.52. The molecular weight excluding hydrogens is 333 g/mol. The van der Waals surface area contributed by atoms with Crippen molar-refractivity contribution >= 4 is 46.5 Å². The maximum Gasteiger partial charge on any atom is 0.239 e. The molecular formula is C16H13Cl2N5. The average molecular weight is 346 g/mol. The third-order valence-electron chi connectivity index (χ3n) is 3.12. The minimum Gasteiger partial charge on any atom is -0.368 e. The highest BCUT2D eigenvalue weighted by Gasteiger charge is 2.16. The summed E-state index contributed by atoms with van der Waals surface area (Å²) in [5.41, 5.74) is 7.47. The van der Waals surface area contributed by atoms with Gasteiger partial charge in [-0.2, -0.15) is 15.0 Å². The molecule has 0 saturated carbocycles. The summed E-state index contributed by atoms with van der Waals surface area (Å²) in [4.78, 5) is 14.5. The van der Waals surface area contributed by atoms with E-state index < -0.39 is 0 Å². The van der Waals surface area contributed by atoms with Crippen LogP contribution >= 0.6 is 23.2 Å². The predicted octanol–water partition coefficient (Wildman–Crippen LogP) is 4.54. The Balaban J connectivity index is 2.16. The molecule has 0 saturated heterocycles. The van der Waals surface area contributed by atoms with Gasteiger partial charge in [0.25, 0.3) is 0 Å². The molecule has 3 aromatic rings. The summed E-state index contributed by atoms with van der Waals surface area (Å²) in [6.07, 6.45) is 0. The number of aryl methyl sites for hydroxylation is 1. The van der Waals surface area contributed by atoms with Crippen LogP contribution in [-0.2, 0) is 0 Å². The molecule has 0 aliphatic heterocycles. The second kappa shape index (κ2) is 6.40. The number of hydrogen-bond donors (Lipinski definition) is 1. The fraction of sp³-hybridized carbons (Fsp3) is 0.0625. The zero-order chi connectivity index (χ0) is 16.4. The van der Waals surface area contributed by atoms with Crippen LogP contribution in [0.1, 0.15) is 5.82 Å². The molecule has 2 N–H and O–H groups in total. The molecule has 1 aromatic heterocycles. The SMILES string of the molecule is Cc1nc(N)nc(N(c2ccc(Cl)cc2)c2ccc(Cl)cc2)n1. The highest BCUT2D eigenvalue weighted by Crippen LogP contribution is 2.33. The lowest BCUT2D eigenvalue weighted by atomic mass is 10.2. The third-order valence-corrected chi connectivity index (χ3v) is 3.63. The number of nitrogens with zero attached hydrogens (tertiary/aromatic N) is 4. The van der Waals surface area contributed by atoms with Crippen LogP contribution in [0, 0.1) is 6.92 Å². The van der Waals surface area contributed by atoms with Gasteiger partial charge in [-0.3, -0.25) is 4.90 Å². The van der Waals surface area contributed by atoms with Crippen molar-refractivity contribution in [3.63, 3.8) is 0 Å². The fourth-order valence-corrected chi connectivity index (χ4v) is 2.40. The van der Waals surface area contributed by atoms with Crippen molar-refractivity contribution in [2.75, 3.05) is 10.6 Å². The highest BCUT2D eigenvalue weighted by molar-refractivity contribution is 6.31. The Labute approximate surface area is 143 Å². The number of nitrogens with two attached hydrogens (primary N) is 1. The van der Waals surface area contributed by atoms with Gasteiger partial charge in [0, 0.05) is 21.4 Å². The second-order valence-electron chi connectivity index (χ2n) is 4.83. The topological polar surface area (TPSA) is 67.9 Å². The summed E-state index contributed by atoms with van der Waals surface area (Å²) in [5, 5.41) is 1.30. The number of rotatable bonds is 3. The Hall–Kier alpha value is -2.37. The quantitative estimate of drug-likeness (QED) is 0.754. The van der Waals surface area contributed by atoms with Gasteiger partial charge in [0.1, 0.15) is 5.82 Å². The molecule has 0 bridgehead atoms. The van der Waals surface area contributed by atoms with Gasteiger partial charge >= 0.3 is 0 Å². The first-order chi connectivity index (χ1) is 11.0. The summed E-state index contributed by atoms with van der Waals surface area (Å²) in [7, 11) is 0. The van der Waals surface area contributed by atoms with Crippen molar-refractivity contribution in [2.24, 2.45) is 0 Å². The lowest BCUT2D eigenvalue weighted by Crippen LogP contribution is -2.15. The number of aromatic nitrogens is 3. The molecule has 0 unspecified atom stereocenters. The maximum atomic E-state index is 5.98. The van der Waals surface area contributed by atoms with Crippen LogP contribution in [0.4, 0.5) is 23.3 Å². The summed E-state index contributed by atoms with van der Waals surface area (Å²) in [5.74, 6) is 1.14. The number of anilines is 4. The van der Waals surface area contributed by atoms with Crippen LogP contribution < -0.4 is 10.6 Å². The molecule has 5 nitrogen and oxygen atoms in total. The van der Waals surface area contributed by atoms with E-state index in [0.29, 0.717) is 21.8 Å². The molecule has 1 heterocycles. The van der Waals surface area contributed by atoms with Gasteiger partial charge in [-0.15, -0.1) is 0 Å². The van der Waals surface area contributed by atoms with Crippen LogP contribution in [0.3, 0.4) is 0 Å². The monoisotopic (exact) mass is 345 g/mol. The van der Waals surface area contributed by atoms with Gasteiger partial charge in [0.05, 0.1) is 0 Å². The lowest BCUT2D eigenvalue weighted by molar-refractivity contribution is 0.964. The molecule has 0 spiro atoms. The Morgan fingerprint density at radius 1 is 0.783 bits per heavy atom. The molecule has 0 aliphatic carbocycles. The first kappa shape index (κ1) is 15.5. The van der Waals surface area contributed by atoms with E-state index in [1.165, 1.54) is 0 Å². The van der Waals surface area contributed by atoms with Crippen LogP contribution in [-0.4, -0.2) is 15.0 Å². The minimum atomic E-state index is 0.167. The molecule has 7 heteroatoms. The number of halogens is 2. The minimum absolute atomic E-state index is 0.167. The Morgan fingerprint density at radius 2 is 1.26 bits per heavy atom. The van der Waals surface area contributed by atoms with Gasteiger partial charge < -0.3 is 5.73 Å². The maximum absolute atomic E-state index is 5.98. The molecule has 2 aromatic carbocycles. The lowest BCUT2D eigenvalue weighted by Gasteiger charge is -2.23. The summed E-state index contributed by atoms with van der Waals surface area (Å²) < 4.78 is 0. The van der Waals surface area contributed by atoms with Gasteiger partial charge in [-0.05, 0) is 55.5 Å². The van der Waals surface area contributed by atoms with E-state index in [-0.39, 0.29) is 5.95 Å². The van der Waals surface area contributed by atoms with Crippen LogP contribution in [0.15, 0.2) is 48.5 Å². The zero-order valence-electron chi connectivity index (χ0n) is 12.2. The van der Waals surface area contributed by atoms with Crippen LogP contribution in [0.25, 0.3) is 0 Å². The molecule has 3 rings (SSSR count). The average Bonchev–Trinajstić information content (AvgIpc) is 2.50. The van der Waals surface area contributed by atoms with E-state index in [1.807, 2.05) is 29.2 Å².